The molecule has 0 saturated carbocycles. The lowest BCUT2D eigenvalue weighted by Crippen LogP contribution is -1.94. The highest BCUT2D eigenvalue weighted by Crippen LogP contribution is 2.06. The molecule has 0 fully saturated rings. The van der Waals surface area contributed by atoms with E-state index in [2.05, 4.69) is 15.5 Å². The Labute approximate surface area is 63.8 Å². The zero-order valence-electron chi connectivity index (χ0n) is 6.44. The normalized spacial score (nSPS) is 10.7. The zero-order valence-corrected chi connectivity index (χ0v) is 6.44. The van der Waals surface area contributed by atoms with Crippen LogP contribution < -0.4 is 0 Å². The molecule has 0 atom stereocenters. The van der Waals surface area contributed by atoms with E-state index in [1.807, 2.05) is 26.0 Å². The summed E-state index contributed by atoms with van der Waals surface area (Å²) >= 11 is 0. The molecule has 0 saturated heterocycles. The van der Waals surface area contributed by atoms with E-state index in [9.17, 15) is 0 Å². The molecule has 11 heavy (non-hydrogen) atoms. The van der Waals surface area contributed by atoms with Gasteiger partial charge >= 0.3 is 0 Å². The van der Waals surface area contributed by atoms with Crippen molar-refractivity contribution in [1.29, 1.82) is 0 Å². The van der Waals surface area contributed by atoms with Gasteiger partial charge in [-0.1, -0.05) is 6.07 Å². The maximum absolute atomic E-state index is 3.88. The predicted octanol–water partition coefficient (Wildman–Crippen LogP) is 0.741. The lowest BCUT2D eigenvalue weighted by atomic mass is 10.3. The second-order valence-electron chi connectivity index (χ2n) is 2.57. The third kappa shape index (κ3) is 0.790. The van der Waals surface area contributed by atoms with Gasteiger partial charge in [0.05, 0.1) is 0 Å². The first kappa shape index (κ1) is 6.27. The zero-order chi connectivity index (χ0) is 7.84. The molecular formula is C7H8N4. The van der Waals surface area contributed by atoms with Crippen molar-refractivity contribution in [2.24, 2.45) is 0 Å². The fraction of sp³-hybridized carbons (Fsp3) is 0.286. The van der Waals surface area contributed by atoms with Crippen molar-refractivity contribution < 1.29 is 0 Å². The van der Waals surface area contributed by atoms with E-state index in [4.69, 9.17) is 0 Å². The highest BCUT2D eigenvalue weighted by Gasteiger charge is 2.01. The summed E-state index contributed by atoms with van der Waals surface area (Å²) in [7, 11) is 0. The molecule has 2 rings (SSSR count). The fourth-order valence-corrected chi connectivity index (χ4v) is 1.06. The van der Waals surface area contributed by atoms with Crippen LogP contribution in [0.15, 0.2) is 12.1 Å². The number of hydrogen-bond acceptors (Lipinski definition) is 3. The molecule has 4 heteroatoms. The van der Waals surface area contributed by atoms with E-state index in [1.165, 1.54) is 0 Å². The van der Waals surface area contributed by atoms with Gasteiger partial charge < -0.3 is 0 Å². The summed E-state index contributed by atoms with van der Waals surface area (Å²) in [6, 6.07) is 4.01. The Morgan fingerprint density at radius 2 is 2.09 bits per heavy atom. The molecule has 56 valence electrons. The van der Waals surface area contributed by atoms with Gasteiger partial charge in [-0.3, -0.25) is 0 Å². The van der Waals surface area contributed by atoms with Crippen LogP contribution in [0, 0.1) is 13.8 Å². The highest BCUT2D eigenvalue weighted by atomic mass is 15.5. The highest BCUT2D eigenvalue weighted by molar-refractivity contribution is 5.45. The third-order valence-electron chi connectivity index (χ3n) is 1.73. The van der Waals surface area contributed by atoms with Gasteiger partial charge in [0.15, 0.2) is 5.65 Å². The van der Waals surface area contributed by atoms with E-state index in [0.717, 1.165) is 16.9 Å². The summed E-state index contributed by atoms with van der Waals surface area (Å²) in [6.45, 7) is 3.97. The Kier molecular flexibility index (Phi) is 1.15. The molecule has 2 aromatic rings. The number of fused-ring (bicyclic) bond motifs is 1. The average molecular weight is 148 g/mol. The molecule has 0 aromatic carbocycles. The number of hydrogen-bond donors (Lipinski definition) is 0. The molecule has 2 heterocycles. The summed E-state index contributed by atoms with van der Waals surface area (Å²) in [6.07, 6.45) is 0. The van der Waals surface area contributed by atoms with Gasteiger partial charge in [0.2, 0.25) is 0 Å². The maximum Gasteiger partial charge on any atom is 0.182 e. The number of nitrogens with zero attached hydrogens (tertiary/aromatic N) is 4. The molecular weight excluding hydrogens is 140 g/mol. The SMILES string of the molecule is Cc1ccc(C)n2nnnc12. The van der Waals surface area contributed by atoms with Crippen molar-refractivity contribution in [3.8, 4) is 0 Å². The van der Waals surface area contributed by atoms with Crippen molar-refractivity contribution in [3.63, 3.8) is 0 Å². The third-order valence-corrected chi connectivity index (χ3v) is 1.73. The quantitative estimate of drug-likeness (QED) is 0.553. The molecule has 0 radical (unpaired) electrons. The summed E-state index contributed by atoms with van der Waals surface area (Å²) in [5, 5.41) is 11.3. The van der Waals surface area contributed by atoms with Crippen LogP contribution in [-0.2, 0) is 0 Å². The van der Waals surface area contributed by atoms with Crippen LogP contribution in [0.25, 0.3) is 5.65 Å². The summed E-state index contributed by atoms with van der Waals surface area (Å²) < 4.78 is 1.73. The number of aromatic nitrogens is 4. The Morgan fingerprint density at radius 3 is 2.82 bits per heavy atom. The predicted molar refractivity (Wildman–Crippen MR) is 40.3 cm³/mol. The van der Waals surface area contributed by atoms with Crippen LogP contribution >= 0.6 is 0 Å². The van der Waals surface area contributed by atoms with Gasteiger partial charge in [0.25, 0.3) is 0 Å². The monoisotopic (exact) mass is 148 g/mol. The van der Waals surface area contributed by atoms with E-state index in [0.29, 0.717) is 0 Å². The Hall–Kier alpha value is -1.45. The number of aryl methyl sites for hydroxylation is 2. The van der Waals surface area contributed by atoms with Gasteiger partial charge in [-0.25, -0.2) is 0 Å². The molecule has 0 aliphatic heterocycles. The molecule has 0 aliphatic rings. The van der Waals surface area contributed by atoms with E-state index in [1.54, 1.807) is 4.52 Å². The Bertz CT molecular complexity index is 354. The van der Waals surface area contributed by atoms with Crippen LogP contribution in [0.4, 0.5) is 0 Å². The first-order valence-corrected chi connectivity index (χ1v) is 3.43. The Morgan fingerprint density at radius 1 is 1.27 bits per heavy atom. The van der Waals surface area contributed by atoms with Crippen molar-refractivity contribution in [2.45, 2.75) is 13.8 Å². The minimum atomic E-state index is 0.838. The van der Waals surface area contributed by atoms with Crippen LogP contribution in [0.3, 0.4) is 0 Å². The van der Waals surface area contributed by atoms with E-state index in [-0.39, 0.29) is 0 Å². The average Bonchev–Trinajstić information content (AvgIpc) is 2.45. The molecule has 0 spiro atoms. The first-order chi connectivity index (χ1) is 5.29. The van der Waals surface area contributed by atoms with Crippen LogP contribution in [0.1, 0.15) is 11.3 Å². The molecule has 0 unspecified atom stereocenters. The van der Waals surface area contributed by atoms with Gasteiger partial charge in [0.1, 0.15) is 0 Å². The maximum atomic E-state index is 3.88. The molecule has 0 amide bonds. The topological polar surface area (TPSA) is 43.1 Å². The summed E-state index contributed by atoms with van der Waals surface area (Å²) in [5.41, 5.74) is 2.99. The van der Waals surface area contributed by atoms with Gasteiger partial charge in [-0.05, 0) is 35.9 Å². The van der Waals surface area contributed by atoms with Crippen LogP contribution in [0.2, 0.25) is 0 Å². The fourth-order valence-electron chi connectivity index (χ4n) is 1.06. The van der Waals surface area contributed by atoms with Crippen molar-refractivity contribution >= 4 is 5.65 Å². The lowest BCUT2D eigenvalue weighted by Gasteiger charge is -1.96. The molecule has 0 N–H and O–H groups in total. The molecule has 0 aliphatic carbocycles. The number of rotatable bonds is 0. The van der Waals surface area contributed by atoms with E-state index < -0.39 is 0 Å². The van der Waals surface area contributed by atoms with Crippen molar-refractivity contribution in [3.05, 3.63) is 23.4 Å². The molecule has 4 nitrogen and oxygen atoms in total. The molecule has 0 bridgehead atoms. The van der Waals surface area contributed by atoms with Gasteiger partial charge in [0, 0.05) is 5.69 Å². The van der Waals surface area contributed by atoms with Gasteiger partial charge in [-0.15, -0.1) is 5.10 Å². The van der Waals surface area contributed by atoms with Crippen LogP contribution in [0.5, 0.6) is 0 Å². The number of tetrazole rings is 1. The molecule has 2 aromatic heterocycles. The minimum Gasteiger partial charge on any atom is -0.198 e. The summed E-state index contributed by atoms with van der Waals surface area (Å²) in [4.78, 5) is 0. The van der Waals surface area contributed by atoms with Crippen molar-refractivity contribution in [1.82, 2.24) is 20.0 Å². The second kappa shape index (κ2) is 2.02. The van der Waals surface area contributed by atoms with Gasteiger partial charge in [-0.2, -0.15) is 4.52 Å². The second-order valence-corrected chi connectivity index (χ2v) is 2.57. The Balaban J connectivity index is 2.96. The standard InChI is InChI=1S/C7H8N4/c1-5-3-4-6(2)11-7(5)8-9-10-11/h3-4H,1-2H3. The van der Waals surface area contributed by atoms with E-state index >= 15 is 0 Å². The lowest BCUT2D eigenvalue weighted by molar-refractivity contribution is 0.803. The minimum absolute atomic E-state index is 0.838. The largest absolute Gasteiger partial charge is 0.198 e. The smallest absolute Gasteiger partial charge is 0.182 e. The summed E-state index contributed by atoms with van der Waals surface area (Å²) in [5.74, 6) is 0. The first-order valence-electron chi connectivity index (χ1n) is 3.43. The van der Waals surface area contributed by atoms with Crippen molar-refractivity contribution in [2.75, 3.05) is 0 Å². The number of pyridine rings is 1. The van der Waals surface area contributed by atoms with Crippen LogP contribution in [-0.4, -0.2) is 20.0 Å².